The summed E-state index contributed by atoms with van der Waals surface area (Å²) in [4.78, 5) is 24.2. The van der Waals surface area contributed by atoms with Crippen molar-refractivity contribution in [3.63, 3.8) is 0 Å². The zero-order valence-corrected chi connectivity index (χ0v) is 14.0. The fraction of sp³-hybridized carbons (Fsp3) is 0.529. The summed E-state index contributed by atoms with van der Waals surface area (Å²) in [5.74, 6) is -0.193. The molecule has 1 saturated carbocycles. The highest BCUT2D eigenvalue weighted by Gasteiger charge is 2.57. The molecule has 0 aromatic heterocycles. The minimum Gasteiger partial charge on any atom is -0.347 e. The number of hydrogen-bond acceptors (Lipinski definition) is 3. The van der Waals surface area contributed by atoms with Crippen LogP contribution in [0.25, 0.3) is 0 Å². The molecule has 1 unspecified atom stereocenters. The summed E-state index contributed by atoms with van der Waals surface area (Å²) in [6, 6.07) is 5.44. The summed E-state index contributed by atoms with van der Waals surface area (Å²) in [5.41, 5.74) is 1.78. The Morgan fingerprint density at radius 3 is 2.78 bits per heavy atom. The lowest BCUT2D eigenvalue weighted by Gasteiger charge is -2.23. The van der Waals surface area contributed by atoms with Crippen molar-refractivity contribution in [3.8, 4) is 0 Å². The first-order valence-electron chi connectivity index (χ1n) is 8.05. The lowest BCUT2D eigenvalue weighted by molar-refractivity contribution is -0.125. The molecule has 1 aliphatic heterocycles. The quantitative estimate of drug-likeness (QED) is 0.789. The first kappa shape index (κ1) is 16.3. The molecule has 1 aliphatic carbocycles. The molecule has 5 nitrogen and oxygen atoms in total. The fourth-order valence-corrected chi connectivity index (χ4v) is 3.68. The number of anilines is 1. The Kier molecular flexibility index (Phi) is 4.60. The van der Waals surface area contributed by atoms with Gasteiger partial charge in [0.25, 0.3) is 0 Å². The van der Waals surface area contributed by atoms with Crippen LogP contribution in [0.1, 0.15) is 24.8 Å². The van der Waals surface area contributed by atoms with Crippen molar-refractivity contribution >= 4 is 29.1 Å². The standard InChI is InChI=1S/C17H22ClN3O2/c1-11-2-3-14(13(18)8-11)21-15(22)10-20-16(23)12-9-17(12)4-6-19-7-5-17/h2-3,8,12,19H,4-7,9-10H2,1H3,(H,20,23)(H,21,22). The molecule has 23 heavy (non-hydrogen) atoms. The summed E-state index contributed by atoms with van der Waals surface area (Å²) in [5, 5.41) is 9.30. The van der Waals surface area contributed by atoms with Crippen LogP contribution in [-0.4, -0.2) is 31.4 Å². The van der Waals surface area contributed by atoms with Crippen molar-refractivity contribution in [3.05, 3.63) is 28.8 Å². The number of halogens is 1. The lowest BCUT2D eigenvalue weighted by Crippen LogP contribution is -2.37. The topological polar surface area (TPSA) is 70.2 Å². The maximum absolute atomic E-state index is 12.2. The van der Waals surface area contributed by atoms with Crippen LogP contribution in [0.2, 0.25) is 5.02 Å². The molecule has 1 aromatic rings. The van der Waals surface area contributed by atoms with E-state index in [0.717, 1.165) is 37.9 Å². The molecule has 3 rings (SSSR count). The number of carbonyl (C=O) groups is 2. The zero-order valence-electron chi connectivity index (χ0n) is 13.2. The van der Waals surface area contributed by atoms with Gasteiger partial charge in [-0.15, -0.1) is 0 Å². The van der Waals surface area contributed by atoms with Gasteiger partial charge in [-0.3, -0.25) is 9.59 Å². The van der Waals surface area contributed by atoms with E-state index in [1.54, 1.807) is 12.1 Å². The number of amides is 2. The van der Waals surface area contributed by atoms with Gasteiger partial charge in [0.15, 0.2) is 0 Å². The van der Waals surface area contributed by atoms with Crippen LogP contribution in [-0.2, 0) is 9.59 Å². The van der Waals surface area contributed by atoms with Crippen molar-refractivity contribution in [2.45, 2.75) is 26.2 Å². The fourth-order valence-electron chi connectivity index (χ4n) is 3.40. The van der Waals surface area contributed by atoms with Crippen molar-refractivity contribution in [2.24, 2.45) is 11.3 Å². The monoisotopic (exact) mass is 335 g/mol. The van der Waals surface area contributed by atoms with Gasteiger partial charge in [-0.25, -0.2) is 0 Å². The van der Waals surface area contributed by atoms with E-state index in [0.29, 0.717) is 10.7 Å². The van der Waals surface area contributed by atoms with Crippen LogP contribution in [0.3, 0.4) is 0 Å². The molecule has 2 fully saturated rings. The van der Waals surface area contributed by atoms with E-state index in [1.807, 2.05) is 13.0 Å². The molecule has 2 amide bonds. The van der Waals surface area contributed by atoms with E-state index < -0.39 is 0 Å². The van der Waals surface area contributed by atoms with E-state index in [1.165, 1.54) is 0 Å². The molecule has 6 heteroatoms. The molecule has 0 bridgehead atoms. The molecule has 1 aromatic carbocycles. The molecule has 1 heterocycles. The van der Waals surface area contributed by atoms with Gasteiger partial charge in [0.05, 0.1) is 17.3 Å². The minimum atomic E-state index is -0.260. The second kappa shape index (κ2) is 6.49. The molecule has 0 radical (unpaired) electrons. The third kappa shape index (κ3) is 3.67. The summed E-state index contributed by atoms with van der Waals surface area (Å²) in [6.45, 7) is 3.88. The summed E-state index contributed by atoms with van der Waals surface area (Å²) < 4.78 is 0. The largest absolute Gasteiger partial charge is 0.347 e. The van der Waals surface area contributed by atoms with Crippen molar-refractivity contribution in [2.75, 3.05) is 25.0 Å². The number of nitrogens with one attached hydrogen (secondary N) is 3. The van der Waals surface area contributed by atoms with Gasteiger partial charge in [-0.1, -0.05) is 17.7 Å². The summed E-state index contributed by atoms with van der Waals surface area (Å²) in [6.07, 6.45) is 3.05. The number of carbonyl (C=O) groups excluding carboxylic acids is 2. The van der Waals surface area contributed by atoms with Crippen LogP contribution >= 0.6 is 11.6 Å². The Bertz CT molecular complexity index is 626. The Morgan fingerprint density at radius 2 is 2.09 bits per heavy atom. The van der Waals surface area contributed by atoms with Gasteiger partial charge < -0.3 is 16.0 Å². The van der Waals surface area contributed by atoms with Gasteiger partial charge in [0.1, 0.15) is 0 Å². The molecule has 2 aliphatic rings. The van der Waals surface area contributed by atoms with Crippen LogP contribution in [0.4, 0.5) is 5.69 Å². The Morgan fingerprint density at radius 1 is 1.35 bits per heavy atom. The van der Waals surface area contributed by atoms with Gasteiger partial charge in [-0.2, -0.15) is 0 Å². The van der Waals surface area contributed by atoms with Crippen LogP contribution in [0.5, 0.6) is 0 Å². The van der Waals surface area contributed by atoms with Gasteiger partial charge in [-0.05, 0) is 62.4 Å². The predicted octanol–water partition coefficient (Wildman–Crippen LogP) is 2.09. The molecule has 1 saturated heterocycles. The zero-order chi connectivity index (χ0) is 16.4. The molecular weight excluding hydrogens is 314 g/mol. The maximum Gasteiger partial charge on any atom is 0.243 e. The number of hydrogen-bond donors (Lipinski definition) is 3. The highest BCUT2D eigenvalue weighted by molar-refractivity contribution is 6.33. The molecule has 1 spiro atoms. The normalized spacial score (nSPS) is 21.7. The second-order valence-corrected chi connectivity index (χ2v) is 7.03. The average Bonchev–Trinajstić information content (AvgIpc) is 3.22. The highest BCUT2D eigenvalue weighted by atomic mass is 35.5. The van der Waals surface area contributed by atoms with Crippen LogP contribution < -0.4 is 16.0 Å². The predicted molar refractivity (Wildman–Crippen MR) is 90.5 cm³/mol. The van der Waals surface area contributed by atoms with Crippen LogP contribution in [0.15, 0.2) is 18.2 Å². The number of aryl methyl sites for hydroxylation is 1. The Labute approximate surface area is 141 Å². The number of piperidine rings is 1. The van der Waals surface area contributed by atoms with Crippen molar-refractivity contribution < 1.29 is 9.59 Å². The van der Waals surface area contributed by atoms with E-state index in [-0.39, 0.29) is 29.7 Å². The van der Waals surface area contributed by atoms with E-state index in [4.69, 9.17) is 11.6 Å². The Hall–Kier alpha value is -1.59. The smallest absolute Gasteiger partial charge is 0.243 e. The summed E-state index contributed by atoms with van der Waals surface area (Å²) >= 11 is 6.09. The minimum absolute atomic E-state index is 0.00273. The third-order valence-corrected chi connectivity index (χ3v) is 5.24. The third-order valence-electron chi connectivity index (χ3n) is 4.93. The van der Waals surface area contributed by atoms with Gasteiger partial charge in [0, 0.05) is 5.92 Å². The van der Waals surface area contributed by atoms with Crippen LogP contribution in [0, 0.1) is 18.3 Å². The highest BCUT2D eigenvalue weighted by Crippen LogP contribution is 2.58. The first-order valence-corrected chi connectivity index (χ1v) is 8.42. The molecule has 3 N–H and O–H groups in total. The van der Waals surface area contributed by atoms with Gasteiger partial charge in [0.2, 0.25) is 11.8 Å². The summed E-state index contributed by atoms with van der Waals surface area (Å²) in [7, 11) is 0. The van der Waals surface area contributed by atoms with Crippen molar-refractivity contribution in [1.82, 2.24) is 10.6 Å². The van der Waals surface area contributed by atoms with E-state index in [2.05, 4.69) is 16.0 Å². The Balaban J connectivity index is 1.47. The number of rotatable bonds is 4. The molecule has 1 atom stereocenters. The molecule has 124 valence electrons. The first-order chi connectivity index (χ1) is 11.0. The number of benzene rings is 1. The average molecular weight is 336 g/mol. The van der Waals surface area contributed by atoms with E-state index in [9.17, 15) is 9.59 Å². The second-order valence-electron chi connectivity index (χ2n) is 6.62. The maximum atomic E-state index is 12.2. The SMILES string of the molecule is Cc1ccc(NC(=O)CNC(=O)C2CC23CCNCC3)c(Cl)c1. The molecular formula is C17H22ClN3O2. The van der Waals surface area contributed by atoms with Gasteiger partial charge >= 0.3 is 0 Å². The van der Waals surface area contributed by atoms with E-state index >= 15 is 0 Å². The van der Waals surface area contributed by atoms with Crippen molar-refractivity contribution in [1.29, 1.82) is 0 Å². The lowest BCUT2D eigenvalue weighted by atomic mass is 9.92.